The predicted molar refractivity (Wildman–Crippen MR) is 100 cm³/mol. The highest BCUT2D eigenvalue weighted by Crippen LogP contribution is 2.31. The minimum Gasteiger partial charge on any atom is -0.268 e. The first-order valence-electron chi connectivity index (χ1n) is 8.04. The van der Waals surface area contributed by atoms with Gasteiger partial charge in [-0.2, -0.15) is 0 Å². The number of hydrogen-bond donors (Lipinski definition) is 0. The van der Waals surface area contributed by atoms with Crippen molar-refractivity contribution >= 4 is 23.5 Å². The lowest BCUT2D eigenvalue weighted by molar-refractivity contribution is 0.626. The van der Waals surface area contributed by atoms with Gasteiger partial charge in [0, 0.05) is 17.9 Å². The first-order valence-corrected chi connectivity index (χ1v) is 10.0. The number of aromatic nitrogens is 2. The number of fused-ring (bicyclic) bond motifs is 1. The van der Waals surface area contributed by atoms with E-state index in [1.165, 1.54) is 52.4 Å². The SMILES string of the molecule is O=c1c2c(nc(SCc3ccc(F)cc3)n1-c1ccc(F)cc1)CCS2. The molecule has 0 saturated heterocycles. The Kier molecular flexibility index (Phi) is 4.82. The second kappa shape index (κ2) is 7.25. The van der Waals surface area contributed by atoms with Gasteiger partial charge in [-0.15, -0.1) is 11.8 Å². The molecule has 1 aliphatic heterocycles. The van der Waals surface area contributed by atoms with Crippen molar-refractivity contribution in [1.29, 1.82) is 0 Å². The highest BCUT2D eigenvalue weighted by molar-refractivity contribution is 7.99. The molecule has 4 rings (SSSR count). The van der Waals surface area contributed by atoms with E-state index >= 15 is 0 Å². The Bertz CT molecular complexity index is 1000. The normalized spacial score (nSPS) is 13.0. The number of halogens is 2. The summed E-state index contributed by atoms with van der Waals surface area (Å²) in [6, 6.07) is 12.1. The van der Waals surface area contributed by atoms with Crippen LogP contribution in [0.1, 0.15) is 11.3 Å². The fourth-order valence-electron chi connectivity index (χ4n) is 2.74. The summed E-state index contributed by atoms with van der Waals surface area (Å²) >= 11 is 2.92. The van der Waals surface area contributed by atoms with Crippen LogP contribution in [-0.2, 0) is 12.2 Å². The molecule has 2 heterocycles. The molecule has 0 radical (unpaired) electrons. The molecule has 2 aromatic carbocycles. The Morgan fingerprint density at radius 3 is 2.38 bits per heavy atom. The smallest absolute Gasteiger partial charge is 0.268 e. The van der Waals surface area contributed by atoms with Crippen LogP contribution in [0.3, 0.4) is 0 Å². The summed E-state index contributed by atoms with van der Waals surface area (Å²) in [5.41, 5.74) is 2.22. The first kappa shape index (κ1) is 17.3. The van der Waals surface area contributed by atoms with Crippen molar-refractivity contribution in [2.45, 2.75) is 22.2 Å². The maximum absolute atomic E-state index is 13.3. The van der Waals surface area contributed by atoms with E-state index in [-0.39, 0.29) is 17.2 Å². The summed E-state index contributed by atoms with van der Waals surface area (Å²) in [6.45, 7) is 0. The zero-order chi connectivity index (χ0) is 18.1. The minimum atomic E-state index is -0.356. The Labute approximate surface area is 157 Å². The Hall–Kier alpha value is -2.12. The summed E-state index contributed by atoms with van der Waals surface area (Å²) in [6.07, 6.45) is 0.767. The molecule has 7 heteroatoms. The molecule has 0 saturated carbocycles. The van der Waals surface area contributed by atoms with Crippen LogP contribution < -0.4 is 5.56 Å². The molecule has 26 heavy (non-hydrogen) atoms. The largest absolute Gasteiger partial charge is 0.272 e. The van der Waals surface area contributed by atoms with Gasteiger partial charge in [0.15, 0.2) is 5.16 Å². The van der Waals surface area contributed by atoms with Gasteiger partial charge in [0.25, 0.3) is 5.56 Å². The summed E-state index contributed by atoms with van der Waals surface area (Å²) in [7, 11) is 0. The third-order valence-electron chi connectivity index (χ3n) is 4.03. The standard InChI is InChI=1S/C19H14F2N2OS2/c20-13-3-1-12(2-4-13)11-26-19-22-16-9-10-25-17(16)18(24)23(19)15-7-5-14(21)6-8-15/h1-8H,9-11H2. The molecular weight excluding hydrogens is 374 g/mol. The molecule has 0 atom stereocenters. The van der Waals surface area contributed by atoms with Crippen molar-refractivity contribution in [3.8, 4) is 5.69 Å². The van der Waals surface area contributed by atoms with Crippen molar-refractivity contribution in [2.24, 2.45) is 0 Å². The number of rotatable bonds is 4. The van der Waals surface area contributed by atoms with Gasteiger partial charge in [-0.05, 0) is 42.0 Å². The van der Waals surface area contributed by atoms with E-state index in [2.05, 4.69) is 4.98 Å². The zero-order valence-electron chi connectivity index (χ0n) is 13.6. The average Bonchev–Trinajstić information content (AvgIpc) is 3.11. The fourth-order valence-corrected chi connectivity index (χ4v) is 4.74. The zero-order valence-corrected chi connectivity index (χ0v) is 15.2. The third-order valence-corrected chi connectivity index (χ3v) is 6.15. The molecule has 0 spiro atoms. The quantitative estimate of drug-likeness (QED) is 0.489. The molecule has 0 N–H and O–H groups in total. The van der Waals surface area contributed by atoms with Gasteiger partial charge in [0.05, 0.1) is 16.3 Å². The summed E-state index contributed by atoms with van der Waals surface area (Å²) in [5.74, 6) is 0.757. The van der Waals surface area contributed by atoms with Gasteiger partial charge in [-0.1, -0.05) is 23.9 Å². The van der Waals surface area contributed by atoms with Crippen LogP contribution in [0.5, 0.6) is 0 Å². The van der Waals surface area contributed by atoms with Crippen molar-refractivity contribution in [3.63, 3.8) is 0 Å². The lowest BCUT2D eigenvalue weighted by atomic mass is 10.2. The molecule has 0 amide bonds. The van der Waals surface area contributed by atoms with Crippen molar-refractivity contribution in [1.82, 2.24) is 9.55 Å². The van der Waals surface area contributed by atoms with Gasteiger partial charge in [0.1, 0.15) is 11.6 Å². The van der Waals surface area contributed by atoms with Crippen LogP contribution in [0.4, 0.5) is 8.78 Å². The molecule has 3 nitrogen and oxygen atoms in total. The molecule has 3 aromatic rings. The van der Waals surface area contributed by atoms with E-state index in [1.807, 2.05) is 0 Å². The maximum atomic E-state index is 13.3. The van der Waals surface area contributed by atoms with Crippen LogP contribution in [-0.4, -0.2) is 15.3 Å². The molecule has 1 aliphatic rings. The number of hydrogen-bond acceptors (Lipinski definition) is 4. The van der Waals surface area contributed by atoms with E-state index in [1.54, 1.807) is 24.3 Å². The van der Waals surface area contributed by atoms with E-state index in [0.717, 1.165) is 23.4 Å². The topological polar surface area (TPSA) is 34.9 Å². The molecular formula is C19H14F2N2OS2. The highest BCUT2D eigenvalue weighted by Gasteiger charge is 2.22. The average molecular weight is 388 g/mol. The Morgan fingerprint density at radius 1 is 1.04 bits per heavy atom. The summed E-state index contributed by atoms with van der Waals surface area (Å²) < 4.78 is 27.9. The van der Waals surface area contributed by atoms with Gasteiger partial charge in [-0.25, -0.2) is 13.8 Å². The number of nitrogens with zero attached hydrogens (tertiary/aromatic N) is 2. The van der Waals surface area contributed by atoms with Crippen LogP contribution in [0.15, 0.2) is 63.4 Å². The summed E-state index contributed by atoms with van der Waals surface area (Å²) in [5, 5.41) is 0.562. The van der Waals surface area contributed by atoms with Gasteiger partial charge < -0.3 is 0 Å². The van der Waals surface area contributed by atoms with E-state index in [9.17, 15) is 13.6 Å². The van der Waals surface area contributed by atoms with Crippen LogP contribution >= 0.6 is 23.5 Å². The van der Waals surface area contributed by atoms with Gasteiger partial charge in [-0.3, -0.25) is 9.36 Å². The number of benzene rings is 2. The second-order valence-electron chi connectivity index (χ2n) is 5.80. The van der Waals surface area contributed by atoms with Crippen molar-refractivity contribution in [2.75, 3.05) is 5.75 Å². The van der Waals surface area contributed by atoms with Crippen LogP contribution in [0.2, 0.25) is 0 Å². The lowest BCUT2D eigenvalue weighted by Crippen LogP contribution is -2.23. The highest BCUT2D eigenvalue weighted by atomic mass is 32.2. The maximum Gasteiger partial charge on any atom is 0.272 e. The summed E-state index contributed by atoms with van der Waals surface area (Å²) in [4.78, 5) is 18.3. The monoisotopic (exact) mass is 388 g/mol. The van der Waals surface area contributed by atoms with E-state index in [4.69, 9.17) is 0 Å². The first-order chi connectivity index (χ1) is 12.6. The molecule has 0 unspecified atom stereocenters. The molecule has 132 valence electrons. The van der Waals surface area contributed by atoms with Gasteiger partial charge >= 0.3 is 0 Å². The number of thioether (sulfide) groups is 2. The molecule has 0 aliphatic carbocycles. The van der Waals surface area contributed by atoms with Crippen LogP contribution in [0, 0.1) is 11.6 Å². The van der Waals surface area contributed by atoms with E-state index in [0.29, 0.717) is 21.5 Å². The Morgan fingerprint density at radius 2 is 1.69 bits per heavy atom. The van der Waals surface area contributed by atoms with E-state index < -0.39 is 0 Å². The minimum absolute atomic E-state index is 0.120. The van der Waals surface area contributed by atoms with Crippen molar-refractivity contribution in [3.05, 3.63) is 81.8 Å². The predicted octanol–water partition coefficient (Wildman–Crippen LogP) is 4.45. The molecule has 1 aromatic heterocycles. The third kappa shape index (κ3) is 3.41. The molecule has 0 bridgehead atoms. The Balaban J connectivity index is 1.75. The lowest BCUT2D eigenvalue weighted by Gasteiger charge is -2.13. The second-order valence-corrected chi connectivity index (χ2v) is 7.85. The van der Waals surface area contributed by atoms with Gasteiger partial charge in [0.2, 0.25) is 0 Å². The fraction of sp³-hybridized carbons (Fsp3) is 0.158. The number of aryl methyl sites for hydroxylation is 1. The molecule has 0 fully saturated rings. The van der Waals surface area contributed by atoms with Crippen molar-refractivity contribution < 1.29 is 8.78 Å². The van der Waals surface area contributed by atoms with Crippen LogP contribution in [0.25, 0.3) is 5.69 Å².